The third kappa shape index (κ3) is 16.2. The van der Waals surface area contributed by atoms with Crippen molar-refractivity contribution in [3.8, 4) is 0 Å². The Kier molecular flexibility index (Phi) is 16.3. The van der Waals surface area contributed by atoms with Crippen LogP contribution in [0, 0.1) is 0 Å². The second kappa shape index (κ2) is 16.2. The first-order valence-electron chi connectivity index (χ1n) is 8.12. The van der Waals surface area contributed by atoms with Crippen LogP contribution in [0.2, 0.25) is 0 Å². The van der Waals surface area contributed by atoms with E-state index >= 15 is 0 Å². The number of nitrogens with one attached hydrogen (secondary N) is 1. The molecule has 0 heterocycles. The molecule has 0 rings (SSSR count). The van der Waals surface area contributed by atoms with Crippen molar-refractivity contribution in [2.45, 2.75) is 84.0 Å². The highest BCUT2D eigenvalue weighted by Gasteiger charge is 1.93. The molecule has 0 saturated heterocycles. The first kappa shape index (κ1) is 17.2. The second-order valence-corrected chi connectivity index (χ2v) is 5.95. The molecule has 0 amide bonds. The Balaban J connectivity index is 2.85. The summed E-state index contributed by atoms with van der Waals surface area (Å²) in [5.74, 6) is 0. The zero-order chi connectivity index (χ0) is 12.6. The van der Waals surface area contributed by atoms with Crippen molar-refractivity contribution in [3.05, 3.63) is 0 Å². The van der Waals surface area contributed by atoms with Gasteiger partial charge in [0.15, 0.2) is 0 Å². The highest BCUT2D eigenvalue weighted by atomic mass is 28.1. The van der Waals surface area contributed by atoms with E-state index in [4.69, 9.17) is 0 Å². The molecule has 0 atom stereocenters. The van der Waals surface area contributed by atoms with Gasteiger partial charge in [-0.05, 0) is 19.1 Å². The molecule has 104 valence electrons. The van der Waals surface area contributed by atoms with Gasteiger partial charge < -0.3 is 5.32 Å². The summed E-state index contributed by atoms with van der Waals surface area (Å²) in [5.41, 5.74) is 0. The van der Waals surface area contributed by atoms with E-state index in [9.17, 15) is 0 Å². The van der Waals surface area contributed by atoms with Gasteiger partial charge in [-0.1, -0.05) is 77.6 Å². The molecule has 0 saturated carbocycles. The molecule has 0 aromatic carbocycles. The van der Waals surface area contributed by atoms with Crippen molar-refractivity contribution in [2.75, 3.05) is 12.7 Å². The molecule has 0 aliphatic carbocycles. The van der Waals surface area contributed by atoms with Gasteiger partial charge in [0.25, 0.3) is 0 Å². The van der Waals surface area contributed by atoms with Crippen LogP contribution in [-0.2, 0) is 0 Å². The molecule has 0 aromatic rings. The molecule has 17 heavy (non-hydrogen) atoms. The Morgan fingerprint density at radius 3 is 1.47 bits per heavy atom. The van der Waals surface area contributed by atoms with Crippen molar-refractivity contribution in [2.24, 2.45) is 0 Å². The average Bonchev–Trinajstić information content (AvgIpc) is 2.35. The summed E-state index contributed by atoms with van der Waals surface area (Å²) in [7, 11) is 1.30. The van der Waals surface area contributed by atoms with E-state index in [1.165, 1.54) is 100 Å². The zero-order valence-electron chi connectivity index (χ0n) is 12.4. The fraction of sp³-hybridized carbons (Fsp3) is 1.00. The van der Waals surface area contributed by atoms with E-state index in [2.05, 4.69) is 12.2 Å². The molecule has 0 fully saturated rings. The van der Waals surface area contributed by atoms with E-state index in [0.29, 0.717) is 0 Å². The third-order valence-corrected chi connectivity index (χ3v) is 3.96. The third-order valence-electron chi connectivity index (χ3n) is 3.46. The maximum absolute atomic E-state index is 3.45. The van der Waals surface area contributed by atoms with Gasteiger partial charge in [-0.3, -0.25) is 0 Å². The predicted octanol–water partition coefficient (Wildman–Crippen LogP) is 3.60. The topological polar surface area (TPSA) is 12.0 Å². The van der Waals surface area contributed by atoms with Gasteiger partial charge >= 0.3 is 0 Å². The Hall–Kier alpha value is 0.177. The van der Waals surface area contributed by atoms with Crippen LogP contribution in [0.4, 0.5) is 0 Å². The minimum absolute atomic E-state index is 1.25. The van der Waals surface area contributed by atoms with E-state index in [0.717, 1.165) is 0 Å². The van der Waals surface area contributed by atoms with E-state index in [1.54, 1.807) is 0 Å². The second-order valence-electron chi connectivity index (χ2n) is 5.24. The Morgan fingerprint density at radius 1 is 0.647 bits per heavy atom. The quantitative estimate of drug-likeness (QED) is 0.370. The molecule has 0 radical (unpaired) electrons. The van der Waals surface area contributed by atoms with Crippen LogP contribution in [0.1, 0.15) is 84.0 Å². The van der Waals surface area contributed by atoms with Gasteiger partial charge in [0.1, 0.15) is 0 Å². The van der Waals surface area contributed by atoms with Gasteiger partial charge in [-0.2, -0.15) is 0 Å². The normalized spacial score (nSPS) is 11.1. The van der Waals surface area contributed by atoms with Crippen LogP contribution < -0.4 is 5.32 Å². The molecule has 0 aromatic heterocycles. The Bertz CT molecular complexity index is 114. The van der Waals surface area contributed by atoms with Gasteiger partial charge in [-0.25, -0.2) is 0 Å². The summed E-state index contributed by atoms with van der Waals surface area (Å²) >= 11 is 0. The number of hydrogen-bond acceptors (Lipinski definition) is 1. The lowest BCUT2D eigenvalue weighted by Crippen LogP contribution is -2.16. The molecular formula is C15H35NSi. The molecule has 2 heteroatoms. The highest BCUT2D eigenvalue weighted by molar-refractivity contribution is 6.08. The fourth-order valence-electron chi connectivity index (χ4n) is 2.27. The van der Waals surface area contributed by atoms with Crippen LogP contribution in [0.3, 0.4) is 0 Å². The summed E-state index contributed by atoms with van der Waals surface area (Å²) < 4.78 is 0. The first-order valence-corrected chi connectivity index (χ1v) is 9.54. The van der Waals surface area contributed by atoms with Gasteiger partial charge in [-0.15, -0.1) is 0 Å². The summed E-state index contributed by atoms with van der Waals surface area (Å²) in [6.45, 7) is 3.54. The minimum atomic E-state index is 1.25. The number of hydrogen-bond donors (Lipinski definition) is 1. The molecule has 0 aliphatic heterocycles. The summed E-state index contributed by atoms with van der Waals surface area (Å²) in [4.78, 5) is 0. The maximum Gasteiger partial charge on any atom is 0.0201 e. The molecule has 0 spiro atoms. The summed E-state index contributed by atoms with van der Waals surface area (Å²) in [6, 6.07) is 0. The van der Waals surface area contributed by atoms with Crippen molar-refractivity contribution in [1.82, 2.24) is 5.32 Å². The van der Waals surface area contributed by atoms with Gasteiger partial charge in [0.05, 0.1) is 0 Å². The number of unbranched alkanes of at least 4 members (excludes halogenated alkanes) is 11. The lowest BCUT2D eigenvalue weighted by molar-refractivity contribution is 0.540. The van der Waals surface area contributed by atoms with Gasteiger partial charge in [0, 0.05) is 10.2 Å². The van der Waals surface area contributed by atoms with Crippen LogP contribution in [0.15, 0.2) is 0 Å². The fourth-order valence-corrected chi connectivity index (χ4v) is 2.62. The molecule has 0 bridgehead atoms. The van der Waals surface area contributed by atoms with Crippen molar-refractivity contribution in [1.29, 1.82) is 0 Å². The van der Waals surface area contributed by atoms with Gasteiger partial charge in [0.2, 0.25) is 0 Å². The standard InChI is InChI=1S/C15H35NSi/c1-2-3-4-5-6-7-8-9-10-11-12-13-14-16-15-17/h16H,2-15H2,1,17H3. The molecule has 1 nitrogen and oxygen atoms in total. The van der Waals surface area contributed by atoms with Crippen LogP contribution >= 0.6 is 0 Å². The molecular weight excluding hydrogens is 222 g/mol. The SMILES string of the molecule is CCCCCCCCCCCCCCNC[SiH3]. The summed E-state index contributed by atoms with van der Waals surface area (Å²) in [6.07, 6.45) is 18.7. The van der Waals surface area contributed by atoms with E-state index < -0.39 is 0 Å². The highest BCUT2D eigenvalue weighted by Crippen LogP contribution is 2.11. The van der Waals surface area contributed by atoms with Crippen molar-refractivity contribution < 1.29 is 0 Å². The molecule has 1 N–H and O–H groups in total. The number of rotatable bonds is 14. The lowest BCUT2D eigenvalue weighted by Gasteiger charge is -2.03. The lowest BCUT2D eigenvalue weighted by atomic mass is 10.1. The first-order chi connectivity index (χ1) is 8.41. The molecule has 0 unspecified atom stereocenters. The van der Waals surface area contributed by atoms with Crippen LogP contribution in [0.25, 0.3) is 0 Å². The van der Waals surface area contributed by atoms with E-state index in [1.807, 2.05) is 0 Å². The smallest absolute Gasteiger partial charge is 0.0201 e. The zero-order valence-corrected chi connectivity index (χ0v) is 14.4. The largest absolute Gasteiger partial charge is 0.320 e. The van der Waals surface area contributed by atoms with Crippen molar-refractivity contribution in [3.63, 3.8) is 0 Å². The van der Waals surface area contributed by atoms with Crippen LogP contribution in [-0.4, -0.2) is 23.0 Å². The monoisotopic (exact) mass is 257 g/mol. The Morgan fingerprint density at radius 2 is 1.06 bits per heavy atom. The predicted molar refractivity (Wildman–Crippen MR) is 83.9 cm³/mol. The maximum atomic E-state index is 3.45. The summed E-state index contributed by atoms with van der Waals surface area (Å²) in [5, 5.41) is 3.45. The van der Waals surface area contributed by atoms with Crippen molar-refractivity contribution >= 4 is 10.2 Å². The minimum Gasteiger partial charge on any atom is -0.320 e. The Labute approximate surface area is 113 Å². The van der Waals surface area contributed by atoms with Crippen LogP contribution in [0.5, 0.6) is 0 Å². The molecule has 0 aliphatic rings. The average molecular weight is 258 g/mol. The van der Waals surface area contributed by atoms with E-state index in [-0.39, 0.29) is 0 Å².